The van der Waals surface area contributed by atoms with Crippen LogP contribution in [0.4, 0.5) is 0 Å². The van der Waals surface area contributed by atoms with Crippen molar-refractivity contribution >= 4 is 41.4 Å². The lowest BCUT2D eigenvalue weighted by Gasteiger charge is -2.24. The maximum atomic E-state index is 3.90. The van der Waals surface area contributed by atoms with Gasteiger partial charge in [-0.1, -0.05) is 24.8 Å². The van der Waals surface area contributed by atoms with Crippen molar-refractivity contribution in [3.63, 3.8) is 0 Å². The Balaban J connectivity index is 3.61. The molecule has 13 heavy (non-hydrogen) atoms. The van der Waals surface area contributed by atoms with Crippen LogP contribution in [0.3, 0.4) is 0 Å². The molecule has 0 aromatic rings. The summed E-state index contributed by atoms with van der Waals surface area (Å²) in [5.41, 5.74) is 1.15. The Bertz CT molecular complexity index is 171. The van der Waals surface area contributed by atoms with Crippen molar-refractivity contribution < 1.29 is 0 Å². The van der Waals surface area contributed by atoms with Gasteiger partial charge < -0.3 is 0 Å². The zero-order chi connectivity index (χ0) is 10.3. The van der Waals surface area contributed by atoms with E-state index in [0.29, 0.717) is 0 Å². The van der Waals surface area contributed by atoms with Crippen molar-refractivity contribution in [3.8, 4) is 0 Å². The molecule has 0 aliphatic heterocycles. The Morgan fingerprint density at radius 2 is 2.23 bits per heavy atom. The largest absolute Gasteiger partial charge is 0.207 e. The van der Waals surface area contributed by atoms with Crippen molar-refractivity contribution in [1.29, 1.82) is 0 Å². The first kappa shape index (κ1) is 13.9. The molecule has 78 valence electrons. The third-order valence-corrected chi connectivity index (χ3v) is 6.68. The van der Waals surface area contributed by atoms with Gasteiger partial charge >= 0.3 is 0 Å². The maximum absolute atomic E-state index is 3.90. The van der Waals surface area contributed by atoms with Crippen LogP contribution < -0.4 is 0 Å². The van der Waals surface area contributed by atoms with Crippen LogP contribution in [0.2, 0.25) is 0 Å². The number of hydrogen-bond donors (Lipinski definition) is 1. The van der Waals surface area contributed by atoms with Gasteiger partial charge in [0.1, 0.15) is 0 Å². The minimum absolute atomic E-state index is 0.0342. The summed E-state index contributed by atoms with van der Waals surface area (Å²) in [4.78, 5) is 0. The third kappa shape index (κ3) is 6.88. The van der Waals surface area contributed by atoms with Crippen LogP contribution in [0.1, 0.15) is 12.8 Å². The summed E-state index contributed by atoms with van der Waals surface area (Å²) in [5, 5.41) is 0. The number of thiol groups is 1. The van der Waals surface area contributed by atoms with Gasteiger partial charge in [0.2, 0.25) is 0 Å². The van der Waals surface area contributed by atoms with E-state index in [1.54, 1.807) is 0 Å². The van der Waals surface area contributed by atoms with Crippen LogP contribution in [-0.2, 0) is 0 Å². The molecular weight excluding hydrogens is 313 g/mol. The lowest BCUT2D eigenvalue weighted by atomic mass is 10.2. The van der Waals surface area contributed by atoms with Crippen molar-refractivity contribution in [2.75, 3.05) is 19.1 Å². The molecule has 0 saturated heterocycles. The number of halogens is 1. The van der Waals surface area contributed by atoms with Crippen LogP contribution in [0.15, 0.2) is 24.8 Å². The van der Waals surface area contributed by atoms with Crippen LogP contribution in [0, 0.1) is 0 Å². The van der Waals surface area contributed by atoms with Crippen LogP contribution in [0.25, 0.3) is 0 Å². The van der Waals surface area contributed by atoms with Crippen molar-refractivity contribution in [2.45, 2.75) is 12.8 Å². The predicted molar refractivity (Wildman–Crippen MR) is 77.7 cm³/mol. The first-order valence-electron chi connectivity index (χ1n) is 4.15. The molecule has 0 bridgehead atoms. The lowest BCUT2D eigenvalue weighted by molar-refractivity contribution is 0.676. The average Bonchev–Trinajstić information content (AvgIpc) is 2.11. The smallest absolute Gasteiger partial charge is 0.0193 e. The Hall–Kier alpha value is 0.870. The number of hydrogen-bond acceptors (Lipinski definition) is 2. The zero-order valence-corrected chi connectivity index (χ0v) is 12.2. The molecule has 0 radical (unpaired) electrons. The molecule has 0 atom stereocenters. The van der Waals surface area contributed by atoms with Crippen LogP contribution in [0.5, 0.6) is 0 Å². The maximum Gasteiger partial charge on any atom is 0.0193 e. The Morgan fingerprint density at radius 3 is 2.62 bits per heavy atom. The summed E-state index contributed by atoms with van der Waals surface area (Å²) >= 11 is 2.38. The van der Waals surface area contributed by atoms with Crippen LogP contribution in [-0.4, -0.2) is 22.8 Å². The zero-order valence-electron chi connectivity index (χ0n) is 8.29. The lowest BCUT2D eigenvalue weighted by Crippen LogP contribution is -2.10. The molecular formula is C9H18INS2. The van der Waals surface area contributed by atoms with Gasteiger partial charge in [-0.25, -0.2) is 3.71 Å². The first-order chi connectivity index (χ1) is 6.11. The van der Waals surface area contributed by atoms with Gasteiger partial charge in [0.25, 0.3) is 0 Å². The summed E-state index contributed by atoms with van der Waals surface area (Å²) in [5.74, 6) is 0. The molecule has 0 unspecified atom stereocenters. The topological polar surface area (TPSA) is 3.24 Å². The second-order valence-electron chi connectivity index (χ2n) is 2.96. The van der Waals surface area contributed by atoms with Gasteiger partial charge in [0.15, 0.2) is 0 Å². The summed E-state index contributed by atoms with van der Waals surface area (Å²) in [6, 6.07) is 0. The van der Waals surface area contributed by atoms with E-state index in [1.165, 1.54) is 6.42 Å². The van der Waals surface area contributed by atoms with Gasteiger partial charge in [-0.2, -0.15) is 11.1 Å². The van der Waals surface area contributed by atoms with E-state index >= 15 is 0 Å². The number of nitrogens with zero attached hydrogens (tertiary/aromatic N) is 1. The van der Waals surface area contributed by atoms with Gasteiger partial charge in [-0.05, 0) is 25.4 Å². The highest BCUT2D eigenvalue weighted by atomic mass is 127. The highest BCUT2D eigenvalue weighted by molar-refractivity contribution is 14.2. The fourth-order valence-corrected chi connectivity index (χ4v) is 5.83. The Morgan fingerprint density at radius 1 is 1.62 bits per heavy atom. The molecule has 1 nitrogen and oxygen atoms in total. The molecule has 0 aliphatic rings. The fraction of sp³-hybridized carbons (Fsp3) is 0.556. The molecule has 0 fully saturated rings. The summed E-state index contributed by atoms with van der Waals surface area (Å²) in [7, 11) is 1.81. The molecule has 4 heteroatoms. The normalized spacial score (nSPS) is 11.5. The van der Waals surface area contributed by atoms with Crippen molar-refractivity contribution in [2.24, 2.45) is 0 Å². The highest BCUT2D eigenvalue weighted by Crippen LogP contribution is 2.34. The fourth-order valence-electron chi connectivity index (χ4n) is 0.840. The molecule has 0 amide bonds. The SMILES string of the molecule is C=CC(=C)CCCN(SI)[SH](C)C. The molecule has 0 saturated carbocycles. The van der Waals surface area contributed by atoms with E-state index in [4.69, 9.17) is 0 Å². The Kier molecular flexibility index (Phi) is 8.75. The average molecular weight is 331 g/mol. The van der Waals surface area contributed by atoms with Gasteiger partial charge in [0, 0.05) is 36.9 Å². The molecule has 0 aliphatic carbocycles. The number of rotatable bonds is 7. The predicted octanol–water partition coefficient (Wildman–Crippen LogP) is 3.98. The van der Waals surface area contributed by atoms with E-state index in [0.717, 1.165) is 18.5 Å². The number of allylic oxidation sites excluding steroid dienone is 2. The third-order valence-electron chi connectivity index (χ3n) is 1.66. The monoisotopic (exact) mass is 331 g/mol. The quantitative estimate of drug-likeness (QED) is 0.325. The van der Waals surface area contributed by atoms with Gasteiger partial charge in [-0.15, -0.1) is 0 Å². The minimum atomic E-state index is 0.0342. The first-order valence-corrected chi connectivity index (χ1v) is 9.66. The second-order valence-corrected chi connectivity index (χ2v) is 7.17. The summed E-state index contributed by atoms with van der Waals surface area (Å²) in [6.45, 7) is 8.75. The second kappa shape index (κ2) is 8.20. The van der Waals surface area contributed by atoms with Crippen LogP contribution >= 0.6 is 41.4 Å². The minimum Gasteiger partial charge on any atom is -0.207 e. The van der Waals surface area contributed by atoms with Crippen molar-refractivity contribution in [3.05, 3.63) is 24.8 Å². The molecule has 0 heterocycles. The van der Waals surface area contributed by atoms with Crippen molar-refractivity contribution in [1.82, 2.24) is 3.71 Å². The summed E-state index contributed by atoms with van der Waals surface area (Å²) < 4.78 is 2.44. The van der Waals surface area contributed by atoms with Gasteiger partial charge in [-0.3, -0.25) is 0 Å². The summed E-state index contributed by atoms with van der Waals surface area (Å²) in [6.07, 6.45) is 8.66. The van der Waals surface area contributed by atoms with E-state index in [2.05, 4.69) is 50.6 Å². The van der Waals surface area contributed by atoms with Gasteiger partial charge in [0.05, 0.1) is 0 Å². The standard InChI is InChI=1S/C9H18INS2/c1-5-9(2)7-6-8-11(12-10)13(3)4/h5,13H,1-2,6-8H2,3-4H3. The molecule has 0 spiro atoms. The highest BCUT2D eigenvalue weighted by Gasteiger charge is 2.04. The van der Waals surface area contributed by atoms with E-state index in [9.17, 15) is 0 Å². The van der Waals surface area contributed by atoms with E-state index in [1.807, 2.05) is 15.2 Å². The van der Waals surface area contributed by atoms with E-state index < -0.39 is 0 Å². The van der Waals surface area contributed by atoms with E-state index in [-0.39, 0.29) is 11.1 Å². The molecule has 0 aromatic heterocycles. The molecule has 0 aromatic carbocycles. The molecule has 0 rings (SSSR count). The Labute approximate surface area is 101 Å². The molecule has 0 N–H and O–H groups in total.